The maximum absolute atomic E-state index is 3.75. The molecule has 1 unspecified atom stereocenters. The van der Waals surface area contributed by atoms with Crippen LogP contribution in [0.5, 0.6) is 0 Å². The zero-order chi connectivity index (χ0) is 13.1. The highest BCUT2D eigenvalue weighted by Crippen LogP contribution is 2.38. The Morgan fingerprint density at radius 2 is 2.16 bits per heavy atom. The molecular formula is C17H23NS. The summed E-state index contributed by atoms with van der Waals surface area (Å²) in [7, 11) is 0. The van der Waals surface area contributed by atoms with E-state index in [-0.39, 0.29) is 0 Å². The number of rotatable bonds is 7. The van der Waals surface area contributed by atoms with Crippen LogP contribution in [0.25, 0.3) is 10.1 Å². The molecule has 1 fully saturated rings. The summed E-state index contributed by atoms with van der Waals surface area (Å²) in [5, 5.41) is 7.58. The lowest BCUT2D eigenvalue weighted by Gasteiger charge is -2.18. The van der Waals surface area contributed by atoms with Gasteiger partial charge in [0.2, 0.25) is 0 Å². The van der Waals surface area contributed by atoms with Crippen LogP contribution in [0.1, 0.15) is 50.6 Å². The van der Waals surface area contributed by atoms with Crippen molar-refractivity contribution >= 4 is 21.4 Å². The molecule has 102 valence electrons. The van der Waals surface area contributed by atoms with Gasteiger partial charge in [-0.25, -0.2) is 0 Å². The third kappa shape index (κ3) is 3.18. The van der Waals surface area contributed by atoms with Gasteiger partial charge in [-0.1, -0.05) is 38.0 Å². The molecule has 0 aliphatic heterocycles. The highest BCUT2D eigenvalue weighted by molar-refractivity contribution is 7.17. The second kappa shape index (κ2) is 6.06. The summed E-state index contributed by atoms with van der Waals surface area (Å²) in [5.74, 6) is 1.02. The van der Waals surface area contributed by atoms with Crippen LogP contribution in [-0.2, 0) is 0 Å². The van der Waals surface area contributed by atoms with E-state index in [1.807, 2.05) is 11.3 Å². The SMILES string of the molecule is CCCNC(CCC1CC1)c1csc2ccccc12. The normalized spacial score (nSPS) is 16.9. The Labute approximate surface area is 120 Å². The zero-order valence-electron chi connectivity index (χ0n) is 11.7. The molecule has 2 aromatic rings. The van der Waals surface area contributed by atoms with Gasteiger partial charge in [-0.05, 0) is 54.1 Å². The third-order valence-corrected chi connectivity index (χ3v) is 5.07. The summed E-state index contributed by atoms with van der Waals surface area (Å²) in [4.78, 5) is 0. The number of hydrogen-bond acceptors (Lipinski definition) is 2. The van der Waals surface area contributed by atoms with E-state index in [0.717, 1.165) is 12.5 Å². The van der Waals surface area contributed by atoms with Gasteiger partial charge in [-0.2, -0.15) is 0 Å². The lowest BCUT2D eigenvalue weighted by atomic mass is 9.99. The quantitative estimate of drug-likeness (QED) is 0.737. The fourth-order valence-electron chi connectivity index (χ4n) is 2.76. The van der Waals surface area contributed by atoms with Gasteiger partial charge in [0.25, 0.3) is 0 Å². The van der Waals surface area contributed by atoms with Crippen LogP contribution in [-0.4, -0.2) is 6.54 Å². The van der Waals surface area contributed by atoms with Crippen LogP contribution in [0.2, 0.25) is 0 Å². The van der Waals surface area contributed by atoms with Gasteiger partial charge in [0.15, 0.2) is 0 Å². The van der Waals surface area contributed by atoms with Gasteiger partial charge in [-0.15, -0.1) is 11.3 Å². The number of fused-ring (bicyclic) bond motifs is 1. The van der Waals surface area contributed by atoms with Crippen LogP contribution in [0.15, 0.2) is 29.6 Å². The summed E-state index contributed by atoms with van der Waals surface area (Å²) in [6.45, 7) is 3.37. The zero-order valence-corrected chi connectivity index (χ0v) is 12.5. The van der Waals surface area contributed by atoms with Gasteiger partial charge >= 0.3 is 0 Å². The largest absolute Gasteiger partial charge is 0.310 e. The van der Waals surface area contributed by atoms with Gasteiger partial charge in [0, 0.05) is 10.7 Å². The van der Waals surface area contributed by atoms with Crippen LogP contribution in [0.3, 0.4) is 0 Å². The molecule has 1 atom stereocenters. The second-order valence-electron chi connectivity index (χ2n) is 5.71. The third-order valence-electron chi connectivity index (χ3n) is 4.09. The molecule has 1 nitrogen and oxygen atoms in total. The minimum absolute atomic E-state index is 0.552. The van der Waals surface area contributed by atoms with E-state index >= 15 is 0 Å². The van der Waals surface area contributed by atoms with E-state index in [9.17, 15) is 0 Å². The van der Waals surface area contributed by atoms with Crippen molar-refractivity contribution in [3.8, 4) is 0 Å². The molecule has 1 aliphatic rings. The number of thiophene rings is 1. The monoisotopic (exact) mass is 273 g/mol. The average molecular weight is 273 g/mol. The smallest absolute Gasteiger partial charge is 0.0346 e. The Balaban J connectivity index is 1.79. The van der Waals surface area contributed by atoms with E-state index < -0.39 is 0 Å². The Kier molecular flexibility index (Phi) is 4.19. The number of hydrogen-bond donors (Lipinski definition) is 1. The topological polar surface area (TPSA) is 12.0 Å². The van der Waals surface area contributed by atoms with Crippen molar-refractivity contribution in [2.24, 2.45) is 5.92 Å². The fraction of sp³-hybridized carbons (Fsp3) is 0.529. The number of nitrogens with one attached hydrogen (secondary N) is 1. The molecule has 3 rings (SSSR count). The molecule has 1 saturated carbocycles. The van der Waals surface area contributed by atoms with Gasteiger partial charge in [0.1, 0.15) is 0 Å². The Morgan fingerprint density at radius 3 is 2.95 bits per heavy atom. The molecule has 2 heteroatoms. The Hall–Kier alpha value is -0.860. The molecule has 0 saturated heterocycles. The molecule has 1 aromatic heterocycles. The molecule has 1 aliphatic carbocycles. The summed E-state index contributed by atoms with van der Waals surface area (Å²) >= 11 is 1.89. The molecule has 0 bridgehead atoms. The van der Waals surface area contributed by atoms with E-state index in [4.69, 9.17) is 0 Å². The van der Waals surface area contributed by atoms with Gasteiger partial charge in [0.05, 0.1) is 0 Å². The predicted molar refractivity (Wildman–Crippen MR) is 84.8 cm³/mol. The minimum Gasteiger partial charge on any atom is -0.310 e. The van der Waals surface area contributed by atoms with E-state index in [2.05, 4.69) is 41.9 Å². The summed E-state index contributed by atoms with van der Waals surface area (Å²) in [6, 6.07) is 9.37. The molecule has 1 heterocycles. The maximum Gasteiger partial charge on any atom is 0.0346 e. The molecular weight excluding hydrogens is 250 g/mol. The van der Waals surface area contributed by atoms with Crippen LogP contribution >= 0.6 is 11.3 Å². The number of benzene rings is 1. The van der Waals surface area contributed by atoms with Crippen LogP contribution in [0.4, 0.5) is 0 Å². The lowest BCUT2D eigenvalue weighted by Crippen LogP contribution is -2.22. The molecule has 0 spiro atoms. The molecule has 1 aromatic carbocycles. The summed E-state index contributed by atoms with van der Waals surface area (Å²) < 4.78 is 1.42. The lowest BCUT2D eigenvalue weighted by molar-refractivity contribution is 0.473. The molecule has 0 radical (unpaired) electrons. The first-order valence-electron chi connectivity index (χ1n) is 7.58. The molecule has 0 amide bonds. The Morgan fingerprint density at radius 1 is 1.32 bits per heavy atom. The highest BCUT2D eigenvalue weighted by atomic mass is 32.1. The first kappa shape index (κ1) is 13.1. The van der Waals surface area contributed by atoms with Crippen molar-refractivity contribution < 1.29 is 0 Å². The standard InChI is InChI=1S/C17H23NS/c1-2-11-18-16(10-9-13-7-8-13)15-12-19-17-6-4-3-5-14(15)17/h3-6,12-13,16,18H,2,7-11H2,1H3. The van der Waals surface area contributed by atoms with Crippen molar-refractivity contribution in [2.75, 3.05) is 6.54 Å². The molecule has 1 N–H and O–H groups in total. The maximum atomic E-state index is 3.75. The van der Waals surface area contributed by atoms with Crippen molar-refractivity contribution in [3.05, 3.63) is 35.2 Å². The average Bonchev–Trinajstić information content (AvgIpc) is 3.18. The van der Waals surface area contributed by atoms with Crippen molar-refractivity contribution in [1.29, 1.82) is 0 Å². The second-order valence-corrected chi connectivity index (χ2v) is 6.63. The summed E-state index contributed by atoms with van der Waals surface area (Å²) in [6.07, 6.45) is 6.83. The predicted octanol–water partition coefficient (Wildman–Crippen LogP) is 5.13. The van der Waals surface area contributed by atoms with E-state index in [1.165, 1.54) is 47.8 Å². The Bertz CT molecular complexity index is 527. The van der Waals surface area contributed by atoms with Crippen molar-refractivity contribution in [3.63, 3.8) is 0 Å². The first-order valence-corrected chi connectivity index (χ1v) is 8.46. The van der Waals surface area contributed by atoms with E-state index in [1.54, 1.807) is 0 Å². The first-order chi connectivity index (χ1) is 9.38. The van der Waals surface area contributed by atoms with Gasteiger partial charge < -0.3 is 5.32 Å². The van der Waals surface area contributed by atoms with Crippen LogP contribution < -0.4 is 5.32 Å². The fourth-order valence-corrected chi connectivity index (χ4v) is 3.78. The van der Waals surface area contributed by atoms with E-state index in [0.29, 0.717) is 6.04 Å². The highest BCUT2D eigenvalue weighted by Gasteiger charge is 2.23. The van der Waals surface area contributed by atoms with Crippen molar-refractivity contribution in [2.45, 2.75) is 45.1 Å². The summed E-state index contributed by atoms with van der Waals surface area (Å²) in [5.41, 5.74) is 1.52. The van der Waals surface area contributed by atoms with Crippen molar-refractivity contribution in [1.82, 2.24) is 5.32 Å². The van der Waals surface area contributed by atoms with Crippen LogP contribution in [0, 0.1) is 5.92 Å². The minimum atomic E-state index is 0.552. The molecule has 19 heavy (non-hydrogen) atoms. The van der Waals surface area contributed by atoms with Gasteiger partial charge in [-0.3, -0.25) is 0 Å².